The summed E-state index contributed by atoms with van der Waals surface area (Å²) in [5.74, 6) is 0.622. The molecular weight excluding hydrogens is 254 g/mol. The normalized spacial score (nSPS) is 24.7. The third-order valence-electron chi connectivity index (χ3n) is 4.85. The Bertz CT molecular complexity index is 638. The number of hydrogen-bond acceptors (Lipinski definition) is 1. The molecule has 2 N–H and O–H groups in total. The van der Waals surface area contributed by atoms with E-state index in [1.165, 1.54) is 34.2 Å². The van der Waals surface area contributed by atoms with Gasteiger partial charge in [0.1, 0.15) is 0 Å². The Morgan fingerprint density at radius 2 is 1.76 bits per heavy atom. The molecule has 0 heterocycles. The first-order valence-corrected chi connectivity index (χ1v) is 7.93. The van der Waals surface area contributed by atoms with Gasteiger partial charge in [0.25, 0.3) is 0 Å². The fourth-order valence-corrected chi connectivity index (χ4v) is 3.86. The van der Waals surface area contributed by atoms with Crippen molar-refractivity contribution < 1.29 is 0 Å². The Balaban J connectivity index is 1.99. The maximum atomic E-state index is 6.87. The zero-order valence-corrected chi connectivity index (χ0v) is 13.3. The second kappa shape index (κ2) is 5.31. The summed E-state index contributed by atoms with van der Waals surface area (Å²) in [6.07, 6.45) is 3.18. The molecule has 0 saturated carbocycles. The van der Waals surface area contributed by atoms with Crippen LogP contribution in [-0.2, 0) is 12.0 Å². The molecule has 0 radical (unpaired) electrons. The summed E-state index contributed by atoms with van der Waals surface area (Å²) in [6.45, 7) is 6.64. The van der Waals surface area contributed by atoms with Gasteiger partial charge in [0.15, 0.2) is 0 Å². The van der Waals surface area contributed by atoms with Crippen molar-refractivity contribution in [3.05, 3.63) is 70.3 Å². The van der Waals surface area contributed by atoms with Crippen molar-refractivity contribution in [1.29, 1.82) is 0 Å². The van der Waals surface area contributed by atoms with Crippen molar-refractivity contribution in [3.8, 4) is 0 Å². The van der Waals surface area contributed by atoms with Crippen LogP contribution < -0.4 is 5.73 Å². The SMILES string of the molecule is Cc1cc(C)cc(CC2(N)CCC(C)c3ccccc32)c1. The van der Waals surface area contributed by atoms with Gasteiger partial charge in [-0.2, -0.15) is 0 Å². The van der Waals surface area contributed by atoms with Crippen molar-refractivity contribution >= 4 is 0 Å². The van der Waals surface area contributed by atoms with Gasteiger partial charge >= 0.3 is 0 Å². The van der Waals surface area contributed by atoms with Crippen molar-refractivity contribution in [2.24, 2.45) is 5.73 Å². The van der Waals surface area contributed by atoms with Crippen molar-refractivity contribution in [2.75, 3.05) is 0 Å². The zero-order chi connectivity index (χ0) is 15.0. The van der Waals surface area contributed by atoms with Crippen LogP contribution in [-0.4, -0.2) is 0 Å². The van der Waals surface area contributed by atoms with Crippen molar-refractivity contribution in [1.82, 2.24) is 0 Å². The average Bonchev–Trinajstić information content (AvgIpc) is 2.43. The number of fused-ring (bicyclic) bond motifs is 1. The van der Waals surface area contributed by atoms with Crippen LogP contribution in [0.25, 0.3) is 0 Å². The largest absolute Gasteiger partial charge is 0.321 e. The van der Waals surface area contributed by atoms with Gasteiger partial charge in [0.2, 0.25) is 0 Å². The molecule has 0 spiro atoms. The van der Waals surface area contributed by atoms with E-state index in [9.17, 15) is 0 Å². The summed E-state index contributed by atoms with van der Waals surface area (Å²) in [5, 5.41) is 0. The molecule has 1 aliphatic rings. The summed E-state index contributed by atoms with van der Waals surface area (Å²) < 4.78 is 0. The van der Waals surface area contributed by atoms with Crippen LogP contribution in [0.1, 0.15) is 53.5 Å². The maximum absolute atomic E-state index is 6.87. The van der Waals surface area contributed by atoms with Crippen LogP contribution >= 0.6 is 0 Å². The Hall–Kier alpha value is -1.60. The van der Waals surface area contributed by atoms with Crippen LogP contribution in [0.15, 0.2) is 42.5 Å². The summed E-state index contributed by atoms with van der Waals surface area (Å²) in [6, 6.07) is 15.5. The molecule has 0 aliphatic heterocycles. The summed E-state index contributed by atoms with van der Waals surface area (Å²) in [5.41, 5.74) is 13.4. The van der Waals surface area contributed by atoms with Crippen molar-refractivity contribution in [2.45, 2.75) is 51.5 Å². The number of hydrogen-bond donors (Lipinski definition) is 1. The molecule has 0 fully saturated rings. The summed E-state index contributed by atoms with van der Waals surface area (Å²) >= 11 is 0. The van der Waals surface area contributed by atoms with E-state index in [0.29, 0.717) is 5.92 Å². The number of rotatable bonds is 2. The Morgan fingerprint density at radius 1 is 1.10 bits per heavy atom. The summed E-state index contributed by atoms with van der Waals surface area (Å²) in [7, 11) is 0. The van der Waals surface area contributed by atoms with E-state index in [2.05, 4.69) is 63.2 Å². The number of aryl methyl sites for hydroxylation is 2. The van der Waals surface area contributed by atoms with E-state index >= 15 is 0 Å². The molecule has 2 aromatic carbocycles. The second-order valence-electron chi connectivity index (χ2n) is 6.86. The van der Waals surface area contributed by atoms with E-state index in [4.69, 9.17) is 5.73 Å². The number of benzene rings is 2. The van der Waals surface area contributed by atoms with Crippen LogP contribution in [0.3, 0.4) is 0 Å². The Labute approximate surface area is 128 Å². The molecule has 21 heavy (non-hydrogen) atoms. The first-order chi connectivity index (χ1) is 9.98. The van der Waals surface area contributed by atoms with Crippen LogP contribution in [0.5, 0.6) is 0 Å². The highest BCUT2D eigenvalue weighted by atomic mass is 14.8. The fourth-order valence-electron chi connectivity index (χ4n) is 3.86. The quantitative estimate of drug-likeness (QED) is 0.854. The molecule has 1 heteroatoms. The monoisotopic (exact) mass is 279 g/mol. The lowest BCUT2D eigenvalue weighted by Gasteiger charge is -2.39. The first-order valence-electron chi connectivity index (χ1n) is 7.93. The van der Waals surface area contributed by atoms with Gasteiger partial charge in [-0.15, -0.1) is 0 Å². The van der Waals surface area contributed by atoms with E-state index in [1.807, 2.05) is 0 Å². The molecule has 110 valence electrons. The van der Waals surface area contributed by atoms with E-state index < -0.39 is 0 Å². The van der Waals surface area contributed by atoms with Crippen LogP contribution in [0, 0.1) is 13.8 Å². The van der Waals surface area contributed by atoms with Gasteiger partial charge in [-0.05, 0) is 55.7 Å². The highest BCUT2D eigenvalue weighted by Gasteiger charge is 2.35. The van der Waals surface area contributed by atoms with Crippen molar-refractivity contribution in [3.63, 3.8) is 0 Å². The van der Waals surface area contributed by atoms with E-state index in [-0.39, 0.29) is 5.54 Å². The Morgan fingerprint density at radius 3 is 2.48 bits per heavy atom. The number of nitrogens with two attached hydrogens (primary N) is 1. The smallest absolute Gasteiger partial charge is 0.0453 e. The van der Waals surface area contributed by atoms with E-state index in [1.54, 1.807) is 0 Å². The lowest BCUT2D eigenvalue weighted by atomic mass is 9.70. The fraction of sp³-hybridized carbons (Fsp3) is 0.400. The minimum absolute atomic E-state index is 0.219. The molecule has 3 rings (SSSR count). The third kappa shape index (κ3) is 2.75. The minimum atomic E-state index is -0.219. The van der Waals surface area contributed by atoms with Gasteiger partial charge in [-0.3, -0.25) is 0 Å². The lowest BCUT2D eigenvalue weighted by Crippen LogP contribution is -2.42. The maximum Gasteiger partial charge on any atom is 0.0453 e. The van der Waals surface area contributed by atoms with Gasteiger partial charge in [0.05, 0.1) is 0 Å². The lowest BCUT2D eigenvalue weighted by molar-refractivity contribution is 0.349. The van der Waals surface area contributed by atoms with Crippen LogP contribution in [0.4, 0.5) is 0 Å². The highest BCUT2D eigenvalue weighted by Crippen LogP contribution is 2.41. The van der Waals surface area contributed by atoms with Gasteiger partial charge in [0, 0.05) is 5.54 Å². The topological polar surface area (TPSA) is 26.0 Å². The third-order valence-corrected chi connectivity index (χ3v) is 4.85. The van der Waals surface area contributed by atoms with Gasteiger partial charge < -0.3 is 5.73 Å². The molecule has 2 unspecified atom stereocenters. The predicted octanol–water partition coefficient (Wildman–Crippen LogP) is 4.60. The molecule has 0 bridgehead atoms. The molecule has 0 saturated heterocycles. The molecular formula is C20H25N. The average molecular weight is 279 g/mol. The van der Waals surface area contributed by atoms with Gasteiger partial charge in [-0.25, -0.2) is 0 Å². The van der Waals surface area contributed by atoms with Crippen LogP contribution in [0.2, 0.25) is 0 Å². The summed E-state index contributed by atoms with van der Waals surface area (Å²) in [4.78, 5) is 0. The zero-order valence-electron chi connectivity index (χ0n) is 13.3. The molecule has 2 atom stereocenters. The molecule has 1 nitrogen and oxygen atoms in total. The highest BCUT2D eigenvalue weighted by molar-refractivity contribution is 5.40. The van der Waals surface area contributed by atoms with Gasteiger partial charge in [-0.1, -0.05) is 60.5 Å². The van der Waals surface area contributed by atoms with E-state index in [0.717, 1.165) is 12.8 Å². The molecule has 0 aromatic heterocycles. The second-order valence-corrected chi connectivity index (χ2v) is 6.86. The molecule has 2 aromatic rings. The first kappa shape index (κ1) is 14.3. The Kier molecular flexibility index (Phi) is 3.62. The molecule has 0 amide bonds. The standard InChI is InChI=1S/C20H25N/c1-14-10-15(2)12-17(11-14)13-20(21)9-8-16(3)18-6-4-5-7-19(18)20/h4-7,10-12,16H,8-9,13,21H2,1-3H3. The predicted molar refractivity (Wildman–Crippen MR) is 89.6 cm³/mol. The minimum Gasteiger partial charge on any atom is -0.321 e. The molecule has 1 aliphatic carbocycles.